The number of aromatic nitrogens is 1. The number of hydrogen-bond acceptors (Lipinski definition) is 5. The van der Waals surface area contributed by atoms with E-state index in [9.17, 15) is 9.59 Å². The molecule has 2 amide bonds. The number of aryl methyl sites for hydroxylation is 2. The van der Waals surface area contributed by atoms with Crippen molar-refractivity contribution in [3.8, 4) is 5.75 Å². The quantitative estimate of drug-likeness (QED) is 0.861. The molecule has 1 fully saturated rings. The van der Waals surface area contributed by atoms with Crippen LogP contribution in [0, 0.1) is 6.92 Å². The van der Waals surface area contributed by atoms with E-state index in [0.29, 0.717) is 6.61 Å². The first kappa shape index (κ1) is 20.0. The molecule has 1 atom stereocenters. The Morgan fingerprint density at radius 1 is 1.15 bits per heavy atom. The number of imide groups is 1. The van der Waals surface area contributed by atoms with Crippen LogP contribution in [0.2, 0.25) is 0 Å². The van der Waals surface area contributed by atoms with Crippen LogP contribution in [-0.4, -0.2) is 28.0 Å². The van der Waals surface area contributed by atoms with Crippen molar-refractivity contribution in [3.05, 3.63) is 59.4 Å². The van der Waals surface area contributed by atoms with Crippen LogP contribution in [0.1, 0.15) is 30.7 Å². The van der Waals surface area contributed by atoms with Crippen molar-refractivity contribution in [2.24, 2.45) is 0 Å². The van der Waals surface area contributed by atoms with Gasteiger partial charge >= 0.3 is 0 Å². The maximum atomic E-state index is 10.4. The number of nitrogens with zero attached hydrogens (tertiary/aromatic N) is 1. The van der Waals surface area contributed by atoms with E-state index >= 15 is 0 Å². The molecule has 1 aliphatic heterocycles. The summed E-state index contributed by atoms with van der Waals surface area (Å²) in [7, 11) is 0. The molecule has 1 N–H and O–H groups in total. The van der Waals surface area contributed by atoms with Gasteiger partial charge in [-0.05, 0) is 44.0 Å². The minimum Gasteiger partial charge on any atom is -0.493 e. The number of hydrogen-bond donors (Lipinski definition) is 1. The van der Waals surface area contributed by atoms with Gasteiger partial charge in [-0.3, -0.25) is 19.9 Å². The summed E-state index contributed by atoms with van der Waals surface area (Å²) in [4.78, 5) is 25.1. The van der Waals surface area contributed by atoms with E-state index in [0.717, 1.165) is 36.0 Å². The molecule has 138 valence electrons. The summed E-state index contributed by atoms with van der Waals surface area (Å²) < 4.78 is 5.68. The van der Waals surface area contributed by atoms with Crippen molar-refractivity contribution in [3.63, 3.8) is 0 Å². The van der Waals surface area contributed by atoms with Gasteiger partial charge in [-0.15, -0.1) is 0 Å². The zero-order valence-electron chi connectivity index (χ0n) is 15.3. The average Bonchev–Trinajstić information content (AvgIpc) is 2.93. The van der Waals surface area contributed by atoms with E-state index in [2.05, 4.69) is 48.4 Å². The van der Waals surface area contributed by atoms with Crippen molar-refractivity contribution in [2.45, 2.75) is 38.9 Å². The number of pyridine rings is 1. The first-order valence-corrected chi connectivity index (χ1v) is 9.50. The molecule has 2 heterocycles. The molecule has 0 spiro atoms. The SMILES string of the molecule is CC1SC(=O)NC1=O.CCc1ccc(CCOc2ccc(C)cc2)nc1. The minimum absolute atomic E-state index is 0.181. The summed E-state index contributed by atoms with van der Waals surface area (Å²) in [6.07, 6.45) is 3.83. The zero-order chi connectivity index (χ0) is 18.9. The zero-order valence-corrected chi connectivity index (χ0v) is 16.1. The number of nitrogens with one attached hydrogen (secondary N) is 1. The molecular formula is C20H24N2O3S. The van der Waals surface area contributed by atoms with Crippen molar-refractivity contribution in [1.82, 2.24) is 10.3 Å². The summed E-state index contributed by atoms with van der Waals surface area (Å²) in [6, 6.07) is 12.3. The maximum absolute atomic E-state index is 10.4. The summed E-state index contributed by atoms with van der Waals surface area (Å²) >= 11 is 1.03. The first-order chi connectivity index (χ1) is 12.5. The summed E-state index contributed by atoms with van der Waals surface area (Å²) in [5, 5.41) is 1.73. The van der Waals surface area contributed by atoms with Gasteiger partial charge in [0.05, 0.1) is 11.9 Å². The van der Waals surface area contributed by atoms with Crippen molar-refractivity contribution in [2.75, 3.05) is 6.61 Å². The molecule has 1 aromatic heterocycles. The average molecular weight is 372 g/mol. The van der Waals surface area contributed by atoms with Crippen LogP contribution in [0.25, 0.3) is 0 Å². The fourth-order valence-corrected chi connectivity index (χ4v) is 2.81. The Morgan fingerprint density at radius 3 is 2.35 bits per heavy atom. The number of ether oxygens (including phenoxy) is 1. The van der Waals surface area contributed by atoms with Gasteiger partial charge in [0.15, 0.2) is 0 Å². The Hall–Kier alpha value is -2.34. The summed E-state index contributed by atoms with van der Waals surface area (Å²) in [5.41, 5.74) is 3.61. The second kappa shape index (κ2) is 9.97. The predicted molar refractivity (Wildman–Crippen MR) is 105 cm³/mol. The lowest BCUT2D eigenvalue weighted by Crippen LogP contribution is -2.22. The van der Waals surface area contributed by atoms with Crippen molar-refractivity contribution < 1.29 is 14.3 Å². The van der Waals surface area contributed by atoms with Gasteiger partial charge in [0, 0.05) is 18.3 Å². The van der Waals surface area contributed by atoms with Gasteiger partial charge in [0.2, 0.25) is 5.91 Å². The van der Waals surface area contributed by atoms with Gasteiger partial charge in [-0.25, -0.2) is 0 Å². The Morgan fingerprint density at radius 2 is 1.88 bits per heavy atom. The van der Waals surface area contributed by atoms with Crippen LogP contribution in [-0.2, 0) is 17.6 Å². The Bertz CT molecular complexity index is 730. The number of amides is 2. The molecule has 0 saturated carbocycles. The Balaban J connectivity index is 0.000000254. The number of benzene rings is 1. The standard InChI is InChI=1S/C16H19NO.C4H5NO2S/c1-3-14-6-7-15(17-12-14)10-11-18-16-8-4-13(2)5-9-16;1-2-3(6)5-4(7)8-2/h4-9,12H,3,10-11H2,1-2H3;2H,1H3,(H,5,6,7). The molecule has 1 aromatic carbocycles. The van der Waals surface area contributed by atoms with E-state index < -0.39 is 0 Å². The highest BCUT2D eigenvalue weighted by atomic mass is 32.2. The van der Waals surface area contributed by atoms with Crippen LogP contribution in [0.3, 0.4) is 0 Å². The van der Waals surface area contributed by atoms with Crippen molar-refractivity contribution in [1.29, 1.82) is 0 Å². The monoisotopic (exact) mass is 372 g/mol. The molecule has 0 aliphatic carbocycles. The lowest BCUT2D eigenvalue weighted by atomic mass is 10.2. The molecule has 5 nitrogen and oxygen atoms in total. The maximum Gasteiger partial charge on any atom is 0.286 e. The number of thioether (sulfide) groups is 1. The highest BCUT2D eigenvalue weighted by molar-refractivity contribution is 8.15. The largest absolute Gasteiger partial charge is 0.493 e. The molecule has 3 rings (SSSR count). The van der Waals surface area contributed by atoms with Gasteiger partial charge in [0.25, 0.3) is 5.24 Å². The van der Waals surface area contributed by atoms with Gasteiger partial charge in [-0.1, -0.05) is 42.4 Å². The van der Waals surface area contributed by atoms with Crippen LogP contribution < -0.4 is 10.1 Å². The second-order valence-corrected chi connectivity index (χ2v) is 7.27. The molecular weight excluding hydrogens is 348 g/mol. The third-order valence-electron chi connectivity index (χ3n) is 3.82. The smallest absolute Gasteiger partial charge is 0.286 e. The summed E-state index contributed by atoms with van der Waals surface area (Å²) in [5.74, 6) is 0.741. The highest BCUT2D eigenvalue weighted by Crippen LogP contribution is 2.17. The molecule has 6 heteroatoms. The molecule has 26 heavy (non-hydrogen) atoms. The normalized spacial score (nSPS) is 15.9. The topological polar surface area (TPSA) is 68.3 Å². The summed E-state index contributed by atoms with van der Waals surface area (Å²) in [6.45, 7) is 6.58. The van der Waals surface area contributed by atoms with E-state index in [1.54, 1.807) is 6.92 Å². The lowest BCUT2D eigenvalue weighted by Gasteiger charge is -2.06. The molecule has 1 aliphatic rings. The predicted octanol–water partition coefficient (Wildman–Crippen LogP) is 3.93. The Labute approximate surface area is 158 Å². The van der Waals surface area contributed by atoms with E-state index in [1.807, 2.05) is 18.3 Å². The van der Waals surface area contributed by atoms with Crippen LogP contribution in [0.4, 0.5) is 4.79 Å². The molecule has 0 bridgehead atoms. The third-order valence-corrected chi connectivity index (χ3v) is 4.70. The number of rotatable bonds is 5. The van der Waals surface area contributed by atoms with Crippen molar-refractivity contribution >= 4 is 22.9 Å². The Kier molecular flexibility index (Phi) is 7.66. The second-order valence-electron chi connectivity index (χ2n) is 5.96. The number of carbonyl (C=O) groups excluding carboxylic acids is 2. The fraction of sp³-hybridized carbons (Fsp3) is 0.350. The number of carbonyl (C=O) groups is 2. The van der Waals surface area contributed by atoms with E-state index in [1.165, 1.54) is 11.1 Å². The molecule has 2 aromatic rings. The minimum atomic E-state index is -0.234. The highest BCUT2D eigenvalue weighted by Gasteiger charge is 2.26. The molecule has 1 saturated heterocycles. The van der Waals surface area contributed by atoms with E-state index in [-0.39, 0.29) is 16.4 Å². The fourth-order valence-electron chi connectivity index (χ4n) is 2.17. The van der Waals surface area contributed by atoms with Crippen LogP contribution in [0.15, 0.2) is 42.6 Å². The molecule has 0 radical (unpaired) electrons. The van der Waals surface area contributed by atoms with E-state index in [4.69, 9.17) is 4.74 Å². The van der Waals surface area contributed by atoms with Gasteiger partial charge < -0.3 is 4.74 Å². The van der Waals surface area contributed by atoms with Gasteiger partial charge in [-0.2, -0.15) is 0 Å². The first-order valence-electron chi connectivity index (χ1n) is 8.62. The third kappa shape index (κ3) is 6.52. The van der Waals surface area contributed by atoms with Gasteiger partial charge in [0.1, 0.15) is 5.75 Å². The van der Waals surface area contributed by atoms with Crippen LogP contribution in [0.5, 0.6) is 5.75 Å². The van der Waals surface area contributed by atoms with Crippen LogP contribution >= 0.6 is 11.8 Å². The molecule has 1 unspecified atom stereocenters. The lowest BCUT2D eigenvalue weighted by molar-refractivity contribution is -0.118.